The summed E-state index contributed by atoms with van der Waals surface area (Å²) in [5.74, 6) is 1.03. The minimum atomic E-state index is -0.745. The molecule has 2 fully saturated rings. The molecule has 26 heavy (non-hydrogen) atoms. The SMILES string of the molecule is OC1(c2cccnc2)CCN(Cc2ccccc2OC2CCCC2)CC1. The van der Waals surface area contributed by atoms with Crippen molar-refractivity contribution in [1.82, 2.24) is 9.88 Å². The molecule has 1 aromatic carbocycles. The number of nitrogens with zero attached hydrogens (tertiary/aromatic N) is 2. The van der Waals surface area contributed by atoms with E-state index in [0.717, 1.165) is 43.8 Å². The van der Waals surface area contributed by atoms with Crippen LogP contribution in [0.1, 0.15) is 49.7 Å². The highest BCUT2D eigenvalue weighted by Gasteiger charge is 2.34. The van der Waals surface area contributed by atoms with Crippen molar-refractivity contribution in [3.8, 4) is 5.75 Å². The van der Waals surface area contributed by atoms with E-state index < -0.39 is 5.60 Å². The Morgan fingerprint density at radius 3 is 2.58 bits per heavy atom. The second kappa shape index (κ2) is 7.77. The number of hydrogen-bond donors (Lipinski definition) is 1. The van der Waals surface area contributed by atoms with Crippen LogP contribution in [0, 0.1) is 0 Å². The van der Waals surface area contributed by atoms with Crippen molar-refractivity contribution in [2.75, 3.05) is 13.1 Å². The number of para-hydroxylation sites is 1. The van der Waals surface area contributed by atoms with Crippen LogP contribution in [-0.2, 0) is 12.1 Å². The Hall–Kier alpha value is -1.91. The minimum absolute atomic E-state index is 0.383. The third-order valence-electron chi connectivity index (χ3n) is 5.84. The predicted octanol–water partition coefficient (Wildman–Crippen LogP) is 3.89. The van der Waals surface area contributed by atoms with E-state index in [1.807, 2.05) is 12.1 Å². The van der Waals surface area contributed by atoms with E-state index in [9.17, 15) is 5.11 Å². The van der Waals surface area contributed by atoms with Crippen LogP contribution < -0.4 is 4.74 Å². The van der Waals surface area contributed by atoms with Crippen LogP contribution in [0.2, 0.25) is 0 Å². The molecule has 1 saturated heterocycles. The lowest BCUT2D eigenvalue weighted by Crippen LogP contribution is -2.42. The first kappa shape index (κ1) is 17.5. The van der Waals surface area contributed by atoms with Crippen LogP contribution in [-0.4, -0.2) is 34.2 Å². The summed E-state index contributed by atoms with van der Waals surface area (Å²) >= 11 is 0. The first-order valence-corrected chi connectivity index (χ1v) is 9.83. The molecule has 0 spiro atoms. The maximum absolute atomic E-state index is 11.0. The van der Waals surface area contributed by atoms with Crippen LogP contribution in [0.4, 0.5) is 0 Å². The summed E-state index contributed by atoms with van der Waals surface area (Å²) in [4.78, 5) is 6.58. The fraction of sp³-hybridized carbons (Fsp3) is 0.500. The predicted molar refractivity (Wildman–Crippen MR) is 102 cm³/mol. The fourth-order valence-electron chi connectivity index (χ4n) is 4.18. The van der Waals surface area contributed by atoms with Crippen molar-refractivity contribution < 1.29 is 9.84 Å². The lowest BCUT2D eigenvalue weighted by molar-refractivity contribution is -0.0281. The average Bonchev–Trinajstić information content (AvgIpc) is 3.19. The molecule has 1 aliphatic heterocycles. The zero-order valence-corrected chi connectivity index (χ0v) is 15.3. The van der Waals surface area contributed by atoms with Gasteiger partial charge >= 0.3 is 0 Å². The van der Waals surface area contributed by atoms with Gasteiger partial charge in [-0.3, -0.25) is 9.88 Å². The Morgan fingerprint density at radius 1 is 1.08 bits per heavy atom. The van der Waals surface area contributed by atoms with E-state index in [1.165, 1.54) is 31.2 Å². The summed E-state index contributed by atoms with van der Waals surface area (Å²) in [6.07, 6.45) is 10.3. The number of benzene rings is 1. The monoisotopic (exact) mass is 352 g/mol. The molecule has 1 aromatic heterocycles. The third kappa shape index (κ3) is 3.92. The summed E-state index contributed by atoms with van der Waals surface area (Å²) in [7, 11) is 0. The van der Waals surface area contributed by atoms with Crippen molar-refractivity contribution in [2.24, 2.45) is 0 Å². The first-order valence-electron chi connectivity index (χ1n) is 9.83. The van der Waals surface area contributed by atoms with Gasteiger partial charge in [-0.2, -0.15) is 0 Å². The largest absolute Gasteiger partial charge is 0.490 e. The summed E-state index contributed by atoms with van der Waals surface area (Å²) in [5.41, 5.74) is 1.45. The summed E-state index contributed by atoms with van der Waals surface area (Å²) in [5, 5.41) is 11.0. The van der Waals surface area contributed by atoms with Gasteiger partial charge in [-0.15, -0.1) is 0 Å². The van der Waals surface area contributed by atoms with Gasteiger partial charge in [-0.25, -0.2) is 0 Å². The van der Waals surface area contributed by atoms with Crippen molar-refractivity contribution in [2.45, 2.75) is 56.8 Å². The number of piperidine rings is 1. The highest BCUT2D eigenvalue weighted by Crippen LogP contribution is 2.34. The molecule has 2 aliphatic rings. The molecule has 0 radical (unpaired) electrons. The van der Waals surface area contributed by atoms with E-state index in [0.29, 0.717) is 6.10 Å². The molecule has 2 heterocycles. The molecular formula is C22H28N2O2. The normalized spacial score (nSPS) is 21.0. The highest BCUT2D eigenvalue weighted by atomic mass is 16.5. The second-order valence-electron chi connectivity index (χ2n) is 7.68. The minimum Gasteiger partial charge on any atom is -0.490 e. The van der Waals surface area contributed by atoms with Gasteiger partial charge in [0.1, 0.15) is 5.75 Å². The standard InChI is InChI=1S/C22H28N2O2/c25-22(19-7-5-13-23-16-19)11-14-24(15-12-22)17-18-6-1-4-10-21(18)26-20-8-2-3-9-20/h1,4-7,10,13,16,20,25H,2-3,8-9,11-12,14-15,17H2. The molecule has 1 aliphatic carbocycles. The van der Waals surface area contributed by atoms with Crippen molar-refractivity contribution in [3.63, 3.8) is 0 Å². The number of rotatable bonds is 5. The first-order chi connectivity index (χ1) is 12.7. The molecule has 4 rings (SSSR count). The van der Waals surface area contributed by atoms with Gasteiger partial charge < -0.3 is 9.84 Å². The molecule has 0 unspecified atom stereocenters. The highest BCUT2D eigenvalue weighted by molar-refractivity contribution is 5.33. The summed E-state index contributed by atoms with van der Waals surface area (Å²) < 4.78 is 6.27. The van der Waals surface area contributed by atoms with Crippen LogP contribution in [0.5, 0.6) is 5.75 Å². The van der Waals surface area contributed by atoms with Crippen molar-refractivity contribution in [1.29, 1.82) is 0 Å². The number of aromatic nitrogens is 1. The molecular weight excluding hydrogens is 324 g/mol. The van der Waals surface area contributed by atoms with Crippen LogP contribution >= 0.6 is 0 Å². The van der Waals surface area contributed by atoms with Gasteiger partial charge in [-0.05, 0) is 50.7 Å². The molecule has 0 amide bonds. The summed E-state index contributed by atoms with van der Waals surface area (Å²) in [6, 6.07) is 12.3. The van der Waals surface area contributed by atoms with E-state index in [1.54, 1.807) is 12.4 Å². The van der Waals surface area contributed by atoms with E-state index in [4.69, 9.17) is 4.74 Å². The fourth-order valence-corrected chi connectivity index (χ4v) is 4.18. The molecule has 0 bridgehead atoms. The molecule has 1 saturated carbocycles. The average molecular weight is 352 g/mol. The Balaban J connectivity index is 1.39. The quantitative estimate of drug-likeness (QED) is 0.887. The Labute approximate surface area is 155 Å². The van der Waals surface area contributed by atoms with Gasteiger partial charge in [0.15, 0.2) is 0 Å². The number of ether oxygens (including phenoxy) is 1. The maximum atomic E-state index is 11.0. The smallest absolute Gasteiger partial charge is 0.124 e. The van der Waals surface area contributed by atoms with Crippen molar-refractivity contribution in [3.05, 3.63) is 59.9 Å². The second-order valence-corrected chi connectivity index (χ2v) is 7.68. The van der Waals surface area contributed by atoms with E-state index >= 15 is 0 Å². The van der Waals surface area contributed by atoms with E-state index in [2.05, 4.69) is 34.1 Å². The Kier molecular flexibility index (Phi) is 5.23. The van der Waals surface area contributed by atoms with Crippen LogP contribution in [0.3, 0.4) is 0 Å². The molecule has 1 N–H and O–H groups in total. The van der Waals surface area contributed by atoms with Gasteiger partial charge in [0.05, 0.1) is 11.7 Å². The number of aliphatic hydroxyl groups is 1. The number of pyridine rings is 1. The zero-order chi connectivity index (χ0) is 17.8. The molecule has 0 atom stereocenters. The summed E-state index contributed by atoms with van der Waals surface area (Å²) in [6.45, 7) is 2.64. The third-order valence-corrected chi connectivity index (χ3v) is 5.84. The number of likely N-dealkylation sites (tertiary alicyclic amines) is 1. The van der Waals surface area contributed by atoms with Gasteiger partial charge in [0, 0.05) is 43.2 Å². The van der Waals surface area contributed by atoms with E-state index in [-0.39, 0.29) is 0 Å². The Morgan fingerprint density at radius 2 is 1.85 bits per heavy atom. The molecule has 2 aromatic rings. The van der Waals surface area contributed by atoms with Crippen LogP contribution in [0.25, 0.3) is 0 Å². The molecule has 4 heteroatoms. The maximum Gasteiger partial charge on any atom is 0.124 e. The number of hydrogen-bond acceptors (Lipinski definition) is 4. The molecule has 138 valence electrons. The van der Waals surface area contributed by atoms with Gasteiger partial charge in [0.2, 0.25) is 0 Å². The van der Waals surface area contributed by atoms with Gasteiger partial charge in [0.25, 0.3) is 0 Å². The lowest BCUT2D eigenvalue weighted by Gasteiger charge is -2.38. The topological polar surface area (TPSA) is 45.6 Å². The Bertz CT molecular complexity index is 705. The van der Waals surface area contributed by atoms with Crippen LogP contribution in [0.15, 0.2) is 48.8 Å². The molecule has 4 nitrogen and oxygen atoms in total. The zero-order valence-electron chi connectivity index (χ0n) is 15.3. The van der Waals surface area contributed by atoms with Crippen molar-refractivity contribution >= 4 is 0 Å². The lowest BCUT2D eigenvalue weighted by atomic mass is 9.85. The van der Waals surface area contributed by atoms with Gasteiger partial charge in [-0.1, -0.05) is 24.3 Å².